The largest absolute Gasteiger partial charge is 0.384 e. The summed E-state index contributed by atoms with van der Waals surface area (Å²) in [5.41, 5.74) is 3.06. The minimum absolute atomic E-state index is 0.0963. The van der Waals surface area contributed by atoms with Crippen LogP contribution in [-0.4, -0.2) is 56.9 Å². The molecule has 2 aromatic heterocycles. The molecule has 1 aliphatic heterocycles. The Morgan fingerprint density at radius 3 is 2.62 bits per heavy atom. The Morgan fingerprint density at radius 1 is 1.25 bits per heavy atom. The molecular formula is C24H30N4O4. The minimum Gasteiger partial charge on any atom is -0.384 e. The molecule has 8 heteroatoms. The van der Waals surface area contributed by atoms with Crippen molar-refractivity contribution < 1.29 is 19.2 Å². The molecule has 1 saturated heterocycles. The molecule has 0 aliphatic carbocycles. The lowest BCUT2D eigenvalue weighted by Gasteiger charge is -2.33. The van der Waals surface area contributed by atoms with Crippen LogP contribution in [0.5, 0.6) is 0 Å². The summed E-state index contributed by atoms with van der Waals surface area (Å²) in [5, 5.41) is 13.7. The third-order valence-electron chi connectivity index (χ3n) is 6.19. The summed E-state index contributed by atoms with van der Waals surface area (Å²) in [6.07, 6.45) is 4.44. The maximum absolute atomic E-state index is 12.0. The number of aliphatic hydroxyl groups is 1. The van der Waals surface area contributed by atoms with Crippen molar-refractivity contribution in [2.45, 2.75) is 51.4 Å². The number of piperidine rings is 1. The Kier molecular flexibility index (Phi) is 6.72. The molecule has 0 radical (unpaired) electrons. The van der Waals surface area contributed by atoms with Gasteiger partial charge in [-0.25, -0.2) is 4.98 Å². The highest BCUT2D eigenvalue weighted by atomic mass is 16.5. The number of rotatable bonds is 7. The van der Waals surface area contributed by atoms with Crippen LogP contribution in [0.2, 0.25) is 0 Å². The van der Waals surface area contributed by atoms with Crippen molar-refractivity contribution >= 4 is 5.91 Å². The predicted molar refractivity (Wildman–Crippen MR) is 119 cm³/mol. The SMILES string of the molecule is CO[C@@H](C)c1nccn1Cc1cc(-c2ccc(C3CCN(C(=O)[C@H](C)O)CC3)cc2)on1. The number of carbonyl (C=O) groups is 1. The normalized spacial score (nSPS) is 16.8. The van der Waals surface area contributed by atoms with E-state index < -0.39 is 6.10 Å². The molecule has 0 bridgehead atoms. The maximum atomic E-state index is 12.0. The van der Waals surface area contributed by atoms with Crippen molar-refractivity contribution in [2.75, 3.05) is 20.2 Å². The lowest BCUT2D eigenvalue weighted by Crippen LogP contribution is -2.42. The Bertz CT molecular complexity index is 1030. The number of amides is 1. The van der Waals surface area contributed by atoms with Crippen LogP contribution in [0.15, 0.2) is 47.2 Å². The lowest BCUT2D eigenvalue weighted by atomic mass is 9.88. The first-order valence-corrected chi connectivity index (χ1v) is 11.0. The van der Waals surface area contributed by atoms with Crippen LogP contribution < -0.4 is 0 Å². The van der Waals surface area contributed by atoms with Gasteiger partial charge in [-0.05, 0) is 38.2 Å². The second-order valence-corrected chi connectivity index (χ2v) is 8.37. The molecule has 32 heavy (non-hydrogen) atoms. The van der Waals surface area contributed by atoms with E-state index in [9.17, 15) is 9.90 Å². The Morgan fingerprint density at radius 2 is 1.97 bits per heavy atom. The molecule has 3 heterocycles. The molecule has 2 atom stereocenters. The van der Waals surface area contributed by atoms with Crippen molar-refractivity contribution in [3.63, 3.8) is 0 Å². The van der Waals surface area contributed by atoms with Crippen LogP contribution in [0, 0.1) is 0 Å². The lowest BCUT2D eigenvalue weighted by molar-refractivity contribution is -0.140. The molecule has 0 saturated carbocycles. The van der Waals surface area contributed by atoms with Gasteiger partial charge in [-0.15, -0.1) is 0 Å². The van der Waals surface area contributed by atoms with Gasteiger partial charge in [0.1, 0.15) is 23.7 Å². The van der Waals surface area contributed by atoms with Gasteiger partial charge in [-0.3, -0.25) is 4.79 Å². The second kappa shape index (κ2) is 9.67. The van der Waals surface area contributed by atoms with E-state index in [-0.39, 0.29) is 12.0 Å². The molecular weight excluding hydrogens is 408 g/mol. The molecule has 4 rings (SSSR count). The average Bonchev–Trinajstić information content (AvgIpc) is 3.48. The van der Waals surface area contributed by atoms with E-state index >= 15 is 0 Å². The molecule has 0 spiro atoms. The van der Waals surface area contributed by atoms with E-state index in [2.05, 4.69) is 34.4 Å². The fourth-order valence-corrected chi connectivity index (χ4v) is 4.23. The number of nitrogens with zero attached hydrogens (tertiary/aromatic N) is 4. The van der Waals surface area contributed by atoms with E-state index in [1.165, 1.54) is 12.5 Å². The molecule has 1 N–H and O–H groups in total. The zero-order valence-electron chi connectivity index (χ0n) is 18.8. The summed E-state index contributed by atoms with van der Waals surface area (Å²) in [5.74, 6) is 1.81. The van der Waals surface area contributed by atoms with Gasteiger partial charge in [0.2, 0.25) is 0 Å². The minimum atomic E-state index is -0.929. The van der Waals surface area contributed by atoms with E-state index in [0.29, 0.717) is 25.6 Å². The number of methoxy groups -OCH3 is 1. The van der Waals surface area contributed by atoms with Crippen LogP contribution >= 0.6 is 0 Å². The first-order chi connectivity index (χ1) is 15.5. The molecule has 1 aliphatic rings. The molecule has 170 valence electrons. The molecule has 1 aromatic carbocycles. The highest BCUT2D eigenvalue weighted by molar-refractivity contribution is 5.80. The van der Waals surface area contributed by atoms with Gasteiger partial charge in [0.25, 0.3) is 5.91 Å². The third-order valence-corrected chi connectivity index (χ3v) is 6.19. The first-order valence-electron chi connectivity index (χ1n) is 11.0. The monoisotopic (exact) mass is 438 g/mol. The van der Waals surface area contributed by atoms with Gasteiger partial charge in [0, 0.05) is 44.2 Å². The number of likely N-dealkylation sites (tertiary alicyclic amines) is 1. The summed E-state index contributed by atoms with van der Waals surface area (Å²) < 4.78 is 13.0. The second-order valence-electron chi connectivity index (χ2n) is 8.37. The highest BCUT2D eigenvalue weighted by Gasteiger charge is 2.26. The Balaban J connectivity index is 1.39. The zero-order chi connectivity index (χ0) is 22.7. The summed E-state index contributed by atoms with van der Waals surface area (Å²) in [4.78, 5) is 18.1. The topological polar surface area (TPSA) is 93.6 Å². The highest BCUT2D eigenvalue weighted by Crippen LogP contribution is 2.30. The van der Waals surface area contributed by atoms with Crippen molar-refractivity contribution in [2.24, 2.45) is 0 Å². The fourth-order valence-electron chi connectivity index (χ4n) is 4.23. The molecule has 1 fully saturated rings. The molecule has 3 aromatic rings. The van der Waals surface area contributed by atoms with Crippen molar-refractivity contribution in [3.05, 3.63) is 59.8 Å². The van der Waals surface area contributed by atoms with Gasteiger partial charge in [0.15, 0.2) is 5.76 Å². The van der Waals surface area contributed by atoms with Crippen LogP contribution in [0.1, 0.15) is 55.8 Å². The summed E-state index contributed by atoms with van der Waals surface area (Å²) in [6.45, 7) is 5.41. The summed E-state index contributed by atoms with van der Waals surface area (Å²) >= 11 is 0. The van der Waals surface area contributed by atoms with Crippen LogP contribution in [0.4, 0.5) is 0 Å². The van der Waals surface area contributed by atoms with Crippen molar-refractivity contribution in [3.8, 4) is 11.3 Å². The van der Waals surface area contributed by atoms with Crippen LogP contribution in [0.3, 0.4) is 0 Å². The quantitative estimate of drug-likeness (QED) is 0.608. The van der Waals surface area contributed by atoms with E-state index in [0.717, 1.165) is 35.7 Å². The standard InChI is InChI=1S/C24H30N4O4/c1-16(29)24(30)27-11-8-19(9-12-27)18-4-6-20(7-5-18)22-14-21(26-32-22)15-28-13-10-25-23(28)17(2)31-3/h4-7,10,13-14,16-17,19,29H,8-9,11-12,15H2,1-3H3/t16-,17-/m0/s1. The van der Waals surface area contributed by atoms with E-state index in [4.69, 9.17) is 9.26 Å². The van der Waals surface area contributed by atoms with Crippen molar-refractivity contribution in [1.82, 2.24) is 19.6 Å². The Hall–Kier alpha value is -2.97. The zero-order valence-corrected chi connectivity index (χ0v) is 18.8. The van der Waals surface area contributed by atoms with E-state index in [1.54, 1.807) is 18.2 Å². The average molecular weight is 439 g/mol. The van der Waals surface area contributed by atoms with E-state index in [1.807, 2.05) is 23.8 Å². The number of benzene rings is 1. The van der Waals surface area contributed by atoms with Crippen LogP contribution in [0.25, 0.3) is 11.3 Å². The third kappa shape index (κ3) is 4.76. The van der Waals surface area contributed by atoms with Gasteiger partial charge >= 0.3 is 0 Å². The molecule has 1 amide bonds. The Labute approximate surface area is 187 Å². The number of hydrogen-bond donors (Lipinski definition) is 1. The number of aliphatic hydroxyl groups excluding tert-OH is 1. The number of aromatic nitrogens is 3. The maximum Gasteiger partial charge on any atom is 0.251 e. The number of imidazole rings is 1. The smallest absolute Gasteiger partial charge is 0.251 e. The van der Waals surface area contributed by atoms with Gasteiger partial charge in [-0.1, -0.05) is 29.4 Å². The van der Waals surface area contributed by atoms with Gasteiger partial charge in [-0.2, -0.15) is 0 Å². The first kappa shape index (κ1) is 22.2. The van der Waals surface area contributed by atoms with Crippen LogP contribution in [-0.2, 0) is 16.1 Å². The van der Waals surface area contributed by atoms with Gasteiger partial charge < -0.3 is 23.8 Å². The fraction of sp³-hybridized carbons (Fsp3) is 0.458. The number of hydrogen-bond acceptors (Lipinski definition) is 6. The number of carbonyl (C=O) groups excluding carboxylic acids is 1. The predicted octanol–water partition coefficient (Wildman–Crippen LogP) is 3.38. The molecule has 8 nitrogen and oxygen atoms in total. The van der Waals surface area contributed by atoms with Gasteiger partial charge in [0.05, 0.1) is 6.54 Å². The number of ether oxygens (including phenoxy) is 1. The molecule has 0 unspecified atom stereocenters. The summed E-state index contributed by atoms with van der Waals surface area (Å²) in [7, 11) is 1.67. The summed E-state index contributed by atoms with van der Waals surface area (Å²) in [6, 6.07) is 10.3. The van der Waals surface area contributed by atoms with Crippen molar-refractivity contribution in [1.29, 1.82) is 0 Å².